The number of allylic oxidation sites excluding steroid dienone is 8. The highest BCUT2D eigenvalue weighted by Gasteiger charge is 2.28. The van der Waals surface area contributed by atoms with Gasteiger partial charge in [-0.25, -0.2) is 9.59 Å². The van der Waals surface area contributed by atoms with E-state index < -0.39 is 11.9 Å². The summed E-state index contributed by atoms with van der Waals surface area (Å²) in [4.78, 5) is 24.1. The van der Waals surface area contributed by atoms with Crippen molar-refractivity contribution in [3.05, 3.63) is 70.3 Å². The second-order valence-corrected chi connectivity index (χ2v) is 12.9. The van der Waals surface area contributed by atoms with Gasteiger partial charge in [-0.2, -0.15) is 0 Å². The Labute approximate surface area is 251 Å². The lowest BCUT2D eigenvalue weighted by Crippen LogP contribution is -2.18. The van der Waals surface area contributed by atoms with Crippen molar-refractivity contribution in [2.75, 3.05) is 39.6 Å². The first kappa shape index (κ1) is 35.1. The van der Waals surface area contributed by atoms with Crippen LogP contribution in [0.2, 0.25) is 0 Å². The van der Waals surface area contributed by atoms with Crippen molar-refractivity contribution in [3.63, 3.8) is 0 Å². The minimum absolute atomic E-state index is 0.0270. The van der Waals surface area contributed by atoms with Crippen LogP contribution in [0, 0.1) is 22.7 Å². The van der Waals surface area contributed by atoms with Gasteiger partial charge >= 0.3 is 11.9 Å². The monoisotopic (exact) mass is 586 g/mol. The number of hydrogen-bond acceptors (Lipinski definition) is 8. The molecule has 2 aliphatic carbocycles. The molecule has 0 amide bonds. The van der Waals surface area contributed by atoms with Gasteiger partial charge in [-0.15, -0.1) is 0 Å². The third-order valence-corrected chi connectivity index (χ3v) is 7.21. The maximum Gasteiger partial charge on any atom is 0.330 e. The molecule has 0 radical (unpaired) electrons. The summed E-state index contributed by atoms with van der Waals surface area (Å²) in [6, 6.07) is 0. The molecule has 2 unspecified atom stereocenters. The van der Waals surface area contributed by atoms with Crippen molar-refractivity contribution in [2.24, 2.45) is 22.7 Å². The fourth-order valence-corrected chi connectivity index (χ4v) is 4.85. The molecule has 42 heavy (non-hydrogen) atoms. The van der Waals surface area contributed by atoms with Crippen molar-refractivity contribution in [1.82, 2.24) is 0 Å². The number of aliphatic hydroxyl groups excluding tert-OH is 2. The van der Waals surface area contributed by atoms with E-state index in [1.807, 2.05) is 26.0 Å². The molecule has 0 aliphatic heterocycles. The zero-order valence-electron chi connectivity index (χ0n) is 26.6. The van der Waals surface area contributed by atoms with Crippen molar-refractivity contribution >= 4 is 11.9 Å². The summed E-state index contributed by atoms with van der Waals surface area (Å²) < 4.78 is 21.2. The zero-order chi connectivity index (χ0) is 31.5. The van der Waals surface area contributed by atoms with Gasteiger partial charge in [0, 0.05) is 12.2 Å². The molecule has 0 aromatic heterocycles. The molecule has 2 rings (SSSR count). The van der Waals surface area contributed by atoms with E-state index >= 15 is 0 Å². The SMILES string of the molecule is CC1=CC(C=CC(=O)OCCOCCOCCOC(=O)C=CC2C=C(C)C(O)=C(C(C)(C)C)C2)CC(C(C)(C)C)=C1O. The molecule has 0 aromatic rings. The van der Waals surface area contributed by atoms with E-state index in [-0.39, 0.29) is 49.1 Å². The van der Waals surface area contributed by atoms with Crippen molar-refractivity contribution < 1.29 is 38.7 Å². The topological polar surface area (TPSA) is 112 Å². The summed E-state index contributed by atoms with van der Waals surface area (Å²) in [5.74, 6) is -0.123. The summed E-state index contributed by atoms with van der Waals surface area (Å²) in [7, 11) is 0. The van der Waals surface area contributed by atoms with E-state index in [1.165, 1.54) is 12.2 Å². The van der Waals surface area contributed by atoms with Crippen molar-refractivity contribution in [2.45, 2.75) is 68.2 Å². The minimum atomic E-state index is -0.438. The van der Waals surface area contributed by atoms with Gasteiger partial charge in [0.15, 0.2) is 0 Å². The molecule has 2 atom stereocenters. The maximum atomic E-state index is 12.1. The lowest BCUT2D eigenvalue weighted by molar-refractivity contribution is -0.141. The highest BCUT2D eigenvalue weighted by Crippen LogP contribution is 2.40. The number of ether oxygens (including phenoxy) is 4. The van der Waals surface area contributed by atoms with E-state index in [1.54, 1.807) is 12.2 Å². The summed E-state index contributed by atoms with van der Waals surface area (Å²) in [5, 5.41) is 20.8. The molecule has 0 fully saturated rings. The van der Waals surface area contributed by atoms with Crippen LogP contribution in [0.3, 0.4) is 0 Å². The second kappa shape index (κ2) is 15.9. The van der Waals surface area contributed by atoms with E-state index in [0.717, 1.165) is 22.3 Å². The summed E-state index contributed by atoms with van der Waals surface area (Å²) in [5.41, 5.74) is 3.29. The van der Waals surface area contributed by atoms with Crippen LogP contribution in [0.4, 0.5) is 0 Å². The molecule has 0 spiro atoms. The molecule has 0 bridgehead atoms. The fraction of sp³-hybridized carbons (Fsp3) is 0.588. The largest absolute Gasteiger partial charge is 0.508 e. The van der Waals surface area contributed by atoms with Crippen LogP contribution in [0.1, 0.15) is 68.2 Å². The summed E-state index contributed by atoms with van der Waals surface area (Å²) in [6.45, 7) is 17.5. The molecule has 8 nitrogen and oxygen atoms in total. The molecular formula is C34H50O8. The number of aliphatic hydroxyl groups is 2. The van der Waals surface area contributed by atoms with Gasteiger partial charge < -0.3 is 29.2 Å². The van der Waals surface area contributed by atoms with Crippen molar-refractivity contribution in [3.8, 4) is 0 Å². The summed E-state index contributed by atoms with van der Waals surface area (Å²) in [6.07, 6.45) is 11.7. The Morgan fingerprint density at radius 2 is 1.02 bits per heavy atom. The van der Waals surface area contributed by atoms with Gasteiger partial charge in [0.2, 0.25) is 0 Å². The second-order valence-electron chi connectivity index (χ2n) is 12.9. The van der Waals surface area contributed by atoms with Crippen LogP contribution in [0.15, 0.2) is 70.3 Å². The van der Waals surface area contributed by atoms with Crippen LogP contribution in [-0.4, -0.2) is 61.8 Å². The van der Waals surface area contributed by atoms with Gasteiger partial charge in [0.25, 0.3) is 0 Å². The van der Waals surface area contributed by atoms with E-state index in [2.05, 4.69) is 41.5 Å². The predicted octanol–water partition coefficient (Wildman–Crippen LogP) is 6.87. The lowest BCUT2D eigenvalue weighted by atomic mass is 9.76. The standard InChI is InChI=1S/C34H50O8/c1-23-19-25(21-27(31(23)37)33(3,4)5)9-11-29(35)41-17-15-39-13-14-40-16-18-42-30(36)12-10-26-20-24(2)32(38)28(22-26)34(6,7)8/h9-12,19-20,25-26,37-38H,13-18,21-22H2,1-8H3. The highest BCUT2D eigenvalue weighted by atomic mass is 16.6. The molecule has 234 valence electrons. The normalized spacial score (nSPS) is 20.3. The Balaban J connectivity index is 1.54. The van der Waals surface area contributed by atoms with Crippen LogP contribution >= 0.6 is 0 Å². The van der Waals surface area contributed by atoms with Crippen LogP contribution in [0.5, 0.6) is 0 Å². The third kappa shape index (κ3) is 11.6. The maximum absolute atomic E-state index is 12.1. The van der Waals surface area contributed by atoms with Crippen LogP contribution < -0.4 is 0 Å². The first-order valence-corrected chi connectivity index (χ1v) is 14.7. The Morgan fingerprint density at radius 1 is 0.690 bits per heavy atom. The first-order valence-electron chi connectivity index (χ1n) is 14.7. The highest BCUT2D eigenvalue weighted by molar-refractivity contribution is 5.82. The molecule has 0 saturated heterocycles. The number of carbonyl (C=O) groups excluding carboxylic acids is 2. The smallest absolute Gasteiger partial charge is 0.330 e. The van der Waals surface area contributed by atoms with Gasteiger partial charge in [0.1, 0.15) is 24.7 Å². The van der Waals surface area contributed by atoms with Gasteiger partial charge in [-0.05, 0) is 71.6 Å². The van der Waals surface area contributed by atoms with Crippen LogP contribution in [-0.2, 0) is 28.5 Å². The first-order chi connectivity index (χ1) is 19.6. The fourth-order valence-electron chi connectivity index (χ4n) is 4.85. The Bertz CT molecular complexity index is 1050. The Hall–Kier alpha value is -3.10. The van der Waals surface area contributed by atoms with Gasteiger partial charge in [-0.3, -0.25) is 0 Å². The van der Waals surface area contributed by atoms with E-state index in [4.69, 9.17) is 18.9 Å². The van der Waals surface area contributed by atoms with E-state index in [9.17, 15) is 19.8 Å². The average molecular weight is 587 g/mol. The minimum Gasteiger partial charge on any atom is -0.508 e. The molecule has 8 heteroatoms. The van der Waals surface area contributed by atoms with Crippen molar-refractivity contribution in [1.29, 1.82) is 0 Å². The third-order valence-electron chi connectivity index (χ3n) is 7.21. The number of rotatable bonds is 13. The molecule has 0 aromatic carbocycles. The van der Waals surface area contributed by atoms with E-state index in [0.29, 0.717) is 37.6 Å². The quantitative estimate of drug-likeness (QED) is 0.137. The number of hydrogen-bond donors (Lipinski definition) is 2. The number of carbonyl (C=O) groups is 2. The Kier molecular flexibility index (Phi) is 13.3. The lowest BCUT2D eigenvalue weighted by Gasteiger charge is -2.30. The molecule has 0 saturated carbocycles. The molecule has 2 aliphatic rings. The zero-order valence-corrected chi connectivity index (χ0v) is 26.6. The summed E-state index contributed by atoms with van der Waals surface area (Å²) >= 11 is 0. The molecular weight excluding hydrogens is 536 g/mol. The van der Waals surface area contributed by atoms with Gasteiger partial charge in [-0.1, -0.05) is 65.8 Å². The van der Waals surface area contributed by atoms with Gasteiger partial charge in [0.05, 0.1) is 26.4 Å². The Morgan fingerprint density at radius 3 is 1.36 bits per heavy atom. The number of esters is 2. The predicted molar refractivity (Wildman–Crippen MR) is 164 cm³/mol. The molecule has 0 heterocycles. The van der Waals surface area contributed by atoms with Crippen LogP contribution in [0.25, 0.3) is 0 Å². The average Bonchev–Trinajstić information content (AvgIpc) is 2.89. The molecule has 2 N–H and O–H groups in total.